The number of hydrogen-bond donors (Lipinski definition) is 0. The van der Waals surface area contributed by atoms with Crippen LogP contribution < -0.4 is 0 Å². The summed E-state index contributed by atoms with van der Waals surface area (Å²) >= 11 is 0. The van der Waals surface area contributed by atoms with Gasteiger partial charge in [-0.15, -0.1) is 0 Å². The van der Waals surface area contributed by atoms with Crippen molar-refractivity contribution in [3.05, 3.63) is 24.3 Å². The Hall–Kier alpha value is -1.05. The molecule has 0 aromatic carbocycles. The molecule has 16 heavy (non-hydrogen) atoms. The molecule has 1 spiro atoms. The second-order valence-corrected chi connectivity index (χ2v) is 5.58. The van der Waals surface area contributed by atoms with Gasteiger partial charge in [-0.25, -0.2) is 0 Å². The minimum atomic E-state index is -0.205. The van der Waals surface area contributed by atoms with Gasteiger partial charge in [0.2, 0.25) is 0 Å². The lowest BCUT2D eigenvalue weighted by Crippen LogP contribution is -2.34. The van der Waals surface area contributed by atoms with E-state index in [1.165, 1.54) is 5.57 Å². The van der Waals surface area contributed by atoms with Crippen LogP contribution in [-0.4, -0.2) is 11.6 Å². The minimum Gasteiger partial charge on any atom is -0.458 e. The van der Waals surface area contributed by atoms with Crippen molar-refractivity contribution in [1.82, 2.24) is 0 Å². The van der Waals surface area contributed by atoms with Crippen LogP contribution in [-0.2, 0) is 9.53 Å². The Morgan fingerprint density at radius 2 is 2.19 bits per heavy atom. The zero-order chi connectivity index (χ0) is 11.3. The first-order valence-electron chi connectivity index (χ1n) is 6.18. The lowest BCUT2D eigenvalue weighted by molar-refractivity contribution is -0.150. The molecule has 2 aliphatic carbocycles. The Morgan fingerprint density at radius 3 is 2.88 bits per heavy atom. The molecule has 1 saturated heterocycles. The number of carbonyl (C=O) groups excluding carboxylic acids is 1. The summed E-state index contributed by atoms with van der Waals surface area (Å²) in [4.78, 5) is 11.9. The number of fused-ring (bicyclic) bond motifs is 2. The van der Waals surface area contributed by atoms with E-state index >= 15 is 0 Å². The van der Waals surface area contributed by atoms with Gasteiger partial charge in [0, 0.05) is 12.3 Å². The molecule has 3 rings (SSSR count). The molecular formula is C14H18O2. The summed E-state index contributed by atoms with van der Waals surface area (Å²) in [5.74, 6) is 1.03. The van der Waals surface area contributed by atoms with E-state index in [9.17, 15) is 4.79 Å². The third-order valence-corrected chi connectivity index (χ3v) is 4.59. The Bertz CT molecular complexity index is 382. The molecule has 0 bridgehead atoms. The third-order valence-electron chi connectivity index (χ3n) is 4.59. The van der Waals surface area contributed by atoms with Crippen LogP contribution in [0, 0.1) is 17.8 Å². The average Bonchev–Trinajstić information content (AvgIpc) is 2.68. The number of carbonyl (C=O) groups is 1. The van der Waals surface area contributed by atoms with Gasteiger partial charge >= 0.3 is 5.97 Å². The van der Waals surface area contributed by atoms with Gasteiger partial charge in [-0.3, -0.25) is 4.79 Å². The van der Waals surface area contributed by atoms with E-state index in [2.05, 4.69) is 25.7 Å². The van der Waals surface area contributed by atoms with Crippen LogP contribution >= 0.6 is 0 Å². The fraction of sp³-hybridized carbons (Fsp3) is 0.643. The van der Waals surface area contributed by atoms with Gasteiger partial charge < -0.3 is 4.74 Å². The average molecular weight is 218 g/mol. The van der Waals surface area contributed by atoms with Gasteiger partial charge in [-0.2, -0.15) is 0 Å². The summed E-state index contributed by atoms with van der Waals surface area (Å²) in [5.41, 5.74) is 1.05. The second kappa shape index (κ2) is 3.22. The smallest absolute Gasteiger partial charge is 0.310 e. The highest BCUT2D eigenvalue weighted by atomic mass is 16.6. The number of hydrogen-bond acceptors (Lipinski definition) is 2. The van der Waals surface area contributed by atoms with Crippen LogP contribution in [0.4, 0.5) is 0 Å². The van der Waals surface area contributed by atoms with Gasteiger partial charge in [0.05, 0.1) is 5.92 Å². The summed E-state index contributed by atoms with van der Waals surface area (Å²) < 4.78 is 5.76. The second-order valence-electron chi connectivity index (χ2n) is 5.58. The molecular weight excluding hydrogens is 200 g/mol. The lowest BCUT2D eigenvalue weighted by Gasteiger charge is -2.31. The molecule has 2 unspecified atom stereocenters. The van der Waals surface area contributed by atoms with Crippen LogP contribution in [0.5, 0.6) is 0 Å². The van der Waals surface area contributed by atoms with E-state index in [1.807, 2.05) is 0 Å². The number of rotatable bonds is 0. The summed E-state index contributed by atoms with van der Waals surface area (Å²) in [6.07, 6.45) is 8.05. The molecule has 1 heterocycles. The highest BCUT2D eigenvalue weighted by Gasteiger charge is 2.58. The molecule has 0 N–H and O–H groups in total. The van der Waals surface area contributed by atoms with Crippen molar-refractivity contribution in [1.29, 1.82) is 0 Å². The van der Waals surface area contributed by atoms with Crippen molar-refractivity contribution in [3.8, 4) is 0 Å². The first kappa shape index (κ1) is 10.1. The van der Waals surface area contributed by atoms with E-state index in [4.69, 9.17) is 4.74 Å². The molecule has 0 amide bonds. The predicted octanol–water partition coefficient (Wildman–Crippen LogP) is 2.85. The highest BCUT2D eigenvalue weighted by molar-refractivity contribution is 5.77. The third kappa shape index (κ3) is 1.22. The molecule has 86 valence electrons. The number of esters is 1. The molecule has 1 aliphatic heterocycles. The van der Waals surface area contributed by atoms with E-state index < -0.39 is 0 Å². The van der Waals surface area contributed by atoms with Crippen LogP contribution in [0.15, 0.2) is 24.3 Å². The maximum Gasteiger partial charge on any atom is 0.310 e. The molecule has 2 nitrogen and oxygen atoms in total. The molecule has 3 aliphatic rings. The lowest BCUT2D eigenvalue weighted by atomic mass is 9.74. The first-order chi connectivity index (χ1) is 7.62. The van der Waals surface area contributed by atoms with Crippen molar-refractivity contribution < 1.29 is 9.53 Å². The Kier molecular flexibility index (Phi) is 2.04. The van der Waals surface area contributed by atoms with E-state index in [0.717, 1.165) is 25.7 Å². The van der Waals surface area contributed by atoms with Crippen molar-refractivity contribution in [2.45, 2.75) is 38.2 Å². The molecule has 4 atom stereocenters. The predicted molar refractivity (Wildman–Crippen MR) is 61.7 cm³/mol. The standard InChI is InChI=1S/C14H18O2/c1-9-7-14(8-10(9)2)12-6-4-3-5-11(12)13(15)16-14/h3-4,10-12H,1,5-8H2,2H3/t10?,11-,12+,14?/m0/s1. The molecule has 0 aromatic rings. The largest absolute Gasteiger partial charge is 0.458 e. The summed E-state index contributed by atoms with van der Waals surface area (Å²) in [7, 11) is 0. The summed E-state index contributed by atoms with van der Waals surface area (Å²) in [6, 6.07) is 0. The molecule has 1 saturated carbocycles. The van der Waals surface area contributed by atoms with E-state index in [0.29, 0.717) is 11.8 Å². The van der Waals surface area contributed by atoms with Crippen molar-refractivity contribution in [3.63, 3.8) is 0 Å². The fourth-order valence-corrected chi connectivity index (χ4v) is 3.66. The summed E-state index contributed by atoms with van der Waals surface area (Å²) in [6.45, 7) is 6.30. The van der Waals surface area contributed by atoms with Gasteiger partial charge in [-0.05, 0) is 25.2 Å². The fourth-order valence-electron chi connectivity index (χ4n) is 3.66. The van der Waals surface area contributed by atoms with Crippen LogP contribution in [0.3, 0.4) is 0 Å². The molecule has 0 aromatic heterocycles. The monoisotopic (exact) mass is 218 g/mol. The zero-order valence-electron chi connectivity index (χ0n) is 9.74. The molecule has 2 fully saturated rings. The minimum absolute atomic E-state index is 0.0243. The Morgan fingerprint density at radius 1 is 1.44 bits per heavy atom. The molecule has 0 radical (unpaired) electrons. The Labute approximate surface area is 96.4 Å². The topological polar surface area (TPSA) is 26.3 Å². The first-order valence-corrected chi connectivity index (χ1v) is 6.18. The molecule has 2 heteroatoms. The van der Waals surface area contributed by atoms with Gasteiger partial charge in [0.15, 0.2) is 0 Å². The number of ether oxygens (including phenoxy) is 1. The normalized spacial score (nSPS) is 46.2. The van der Waals surface area contributed by atoms with Crippen LogP contribution in [0.2, 0.25) is 0 Å². The van der Waals surface area contributed by atoms with Crippen LogP contribution in [0.1, 0.15) is 32.6 Å². The highest BCUT2D eigenvalue weighted by Crippen LogP contribution is 2.54. The van der Waals surface area contributed by atoms with Gasteiger partial charge in [0.25, 0.3) is 0 Å². The van der Waals surface area contributed by atoms with Crippen LogP contribution in [0.25, 0.3) is 0 Å². The Balaban J connectivity index is 1.95. The van der Waals surface area contributed by atoms with E-state index in [-0.39, 0.29) is 17.5 Å². The maximum atomic E-state index is 11.9. The van der Waals surface area contributed by atoms with Crippen molar-refractivity contribution in [2.24, 2.45) is 17.8 Å². The summed E-state index contributed by atoms with van der Waals surface area (Å²) in [5, 5.41) is 0. The quantitative estimate of drug-likeness (QED) is 0.461. The van der Waals surface area contributed by atoms with Gasteiger partial charge in [-0.1, -0.05) is 31.2 Å². The number of allylic oxidation sites excluding steroid dienone is 2. The van der Waals surface area contributed by atoms with Crippen molar-refractivity contribution >= 4 is 5.97 Å². The SMILES string of the molecule is C=C1CC2(CC1C)OC(=O)[C@H]1CC=CC[C@H]12. The zero-order valence-corrected chi connectivity index (χ0v) is 9.74. The maximum absolute atomic E-state index is 11.9. The van der Waals surface area contributed by atoms with Crippen molar-refractivity contribution in [2.75, 3.05) is 0 Å². The van der Waals surface area contributed by atoms with E-state index in [1.54, 1.807) is 0 Å². The van der Waals surface area contributed by atoms with Gasteiger partial charge in [0.1, 0.15) is 5.60 Å².